The largest absolute Gasteiger partial charge is 0.399 e. The first kappa shape index (κ1) is 14.1. The van der Waals surface area contributed by atoms with Gasteiger partial charge in [-0.25, -0.2) is 4.98 Å². The Balaban J connectivity index is 1.90. The highest BCUT2D eigenvalue weighted by atomic mass is 32.1. The van der Waals surface area contributed by atoms with Crippen molar-refractivity contribution in [2.45, 2.75) is 38.1 Å². The monoisotopic (exact) mass is 301 g/mol. The SMILES string of the molecule is Cc1ccc(N)cc1C(=O)NC1(c2nccs2)CCCC1. The number of thiazole rings is 1. The Morgan fingerprint density at radius 2 is 2.14 bits per heavy atom. The molecular weight excluding hydrogens is 282 g/mol. The third-order valence-corrected chi connectivity index (χ3v) is 5.14. The van der Waals surface area contributed by atoms with Crippen molar-refractivity contribution in [1.29, 1.82) is 0 Å². The molecule has 0 unspecified atom stereocenters. The van der Waals surface area contributed by atoms with Crippen LogP contribution in [0.25, 0.3) is 0 Å². The van der Waals surface area contributed by atoms with Crippen LogP contribution < -0.4 is 11.1 Å². The van der Waals surface area contributed by atoms with Crippen molar-refractivity contribution in [3.05, 3.63) is 45.9 Å². The molecule has 2 aromatic rings. The number of anilines is 1. The zero-order chi connectivity index (χ0) is 14.9. The molecule has 0 spiro atoms. The van der Waals surface area contributed by atoms with Gasteiger partial charge in [-0.2, -0.15) is 0 Å². The summed E-state index contributed by atoms with van der Waals surface area (Å²) in [5.41, 5.74) is 7.71. The number of carbonyl (C=O) groups is 1. The third kappa shape index (κ3) is 2.65. The number of rotatable bonds is 3. The zero-order valence-electron chi connectivity index (χ0n) is 12.1. The van der Waals surface area contributed by atoms with Gasteiger partial charge in [0.25, 0.3) is 5.91 Å². The van der Waals surface area contributed by atoms with Gasteiger partial charge in [-0.3, -0.25) is 4.79 Å². The summed E-state index contributed by atoms with van der Waals surface area (Å²) in [6, 6.07) is 5.45. The van der Waals surface area contributed by atoms with E-state index in [4.69, 9.17) is 5.73 Å². The molecule has 0 aliphatic heterocycles. The number of benzene rings is 1. The maximum Gasteiger partial charge on any atom is 0.252 e. The molecule has 0 radical (unpaired) electrons. The van der Waals surface area contributed by atoms with E-state index in [1.54, 1.807) is 23.6 Å². The van der Waals surface area contributed by atoms with Crippen molar-refractivity contribution in [3.63, 3.8) is 0 Å². The Kier molecular flexibility index (Phi) is 3.68. The average molecular weight is 301 g/mol. The number of nitrogen functional groups attached to an aromatic ring is 1. The van der Waals surface area contributed by atoms with Crippen LogP contribution in [-0.2, 0) is 5.54 Å². The van der Waals surface area contributed by atoms with Crippen LogP contribution in [0, 0.1) is 6.92 Å². The van der Waals surface area contributed by atoms with Gasteiger partial charge in [-0.1, -0.05) is 18.9 Å². The van der Waals surface area contributed by atoms with Gasteiger partial charge in [-0.15, -0.1) is 11.3 Å². The molecule has 0 saturated heterocycles. The van der Waals surface area contributed by atoms with E-state index < -0.39 is 0 Å². The van der Waals surface area contributed by atoms with Crippen LogP contribution in [0.5, 0.6) is 0 Å². The minimum absolute atomic E-state index is 0.0584. The fraction of sp³-hybridized carbons (Fsp3) is 0.375. The molecule has 1 aliphatic rings. The van der Waals surface area contributed by atoms with Gasteiger partial charge in [0, 0.05) is 22.8 Å². The molecule has 3 rings (SSSR count). The first-order valence-electron chi connectivity index (χ1n) is 7.19. The van der Waals surface area contributed by atoms with Crippen molar-refractivity contribution in [3.8, 4) is 0 Å². The lowest BCUT2D eigenvalue weighted by Gasteiger charge is -2.28. The molecule has 1 saturated carbocycles. The van der Waals surface area contributed by atoms with E-state index in [0.717, 1.165) is 36.3 Å². The first-order chi connectivity index (χ1) is 10.1. The summed E-state index contributed by atoms with van der Waals surface area (Å²) >= 11 is 1.61. The zero-order valence-corrected chi connectivity index (χ0v) is 12.9. The van der Waals surface area contributed by atoms with E-state index in [1.807, 2.05) is 24.4 Å². The number of aryl methyl sites for hydroxylation is 1. The Morgan fingerprint density at radius 3 is 2.81 bits per heavy atom. The van der Waals surface area contributed by atoms with E-state index in [9.17, 15) is 4.79 Å². The van der Waals surface area contributed by atoms with Gasteiger partial charge >= 0.3 is 0 Å². The molecule has 1 aromatic carbocycles. The van der Waals surface area contributed by atoms with Gasteiger partial charge in [0.15, 0.2) is 0 Å². The predicted octanol–water partition coefficient (Wildman–Crippen LogP) is 3.23. The summed E-state index contributed by atoms with van der Waals surface area (Å²) in [6.45, 7) is 1.93. The number of hydrogen-bond acceptors (Lipinski definition) is 4. The van der Waals surface area contributed by atoms with Gasteiger partial charge < -0.3 is 11.1 Å². The van der Waals surface area contributed by atoms with E-state index in [0.29, 0.717) is 11.3 Å². The van der Waals surface area contributed by atoms with Gasteiger partial charge in [-0.05, 0) is 37.5 Å². The quantitative estimate of drug-likeness (QED) is 0.855. The van der Waals surface area contributed by atoms with E-state index in [2.05, 4.69) is 10.3 Å². The van der Waals surface area contributed by atoms with E-state index in [-0.39, 0.29) is 11.4 Å². The Hall–Kier alpha value is -1.88. The standard InChI is InChI=1S/C16H19N3OS/c1-11-4-5-12(17)10-13(11)14(20)19-16(6-2-3-7-16)15-18-8-9-21-15/h4-5,8-10H,2-3,6-7,17H2,1H3,(H,19,20). The van der Waals surface area contributed by atoms with Crippen molar-refractivity contribution in [1.82, 2.24) is 10.3 Å². The Bertz CT molecular complexity index is 646. The fourth-order valence-corrected chi connectivity index (χ4v) is 3.85. The average Bonchev–Trinajstić information content (AvgIpc) is 3.12. The summed E-state index contributed by atoms with van der Waals surface area (Å²) in [5.74, 6) is -0.0584. The number of nitrogens with two attached hydrogens (primary N) is 1. The lowest BCUT2D eigenvalue weighted by atomic mass is 9.97. The number of carbonyl (C=O) groups excluding carboxylic acids is 1. The molecule has 21 heavy (non-hydrogen) atoms. The molecule has 5 heteroatoms. The molecule has 1 amide bonds. The van der Waals surface area contributed by atoms with E-state index >= 15 is 0 Å². The third-order valence-electron chi connectivity index (χ3n) is 4.16. The molecular formula is C16H19N3OS. The molecule has 110 valence electrons. The van der Waals surface area contributed by atoms with Crippen LogP contribution in [0.3, 0.4) is 0 Å². The fourth-order valence-electron chi connectivity index (χ4n) is 3.00. The number of nitrogens with zero attached hydrogens (tertiary/aromatic N) is 1. The predicted molar refractivity (Wildman–Crippen MR) is 85.3 cm³/mol. The smallest absolute Gasteiger partial charge is 0.252 e. The lowest BCUT2D eigenvalue weighted by molar-refractivity contribution is 0.0897. The summed E-state index contributed by atoms with van der Waals surface area (Å²) in [5, 5.41) is 6.21. The minimum atomic E-state index is -0.303. The normalized spacial score (nSPS) is 16.8. The van der Waals surface area contributed by atoms with Gasteiger partial charge in [0.05, 0.1) is 5.54 Å². The highest BCUT2D eigenvalue weighted by molar-refractivity contribution is 7.09. The van der Waals surface area contributed by atoms with Crippen LogP contribution in [0.15, 0.2) is 29.8 Å². The topological polar surface area (TPSA) is 68.0 Å². The number of nitrogens with one attached hydrogen (secondary N) is 1. The molecule has 3 N–H and O–H groups in total. The van der Waals surface area contributed by atoms with Crippen LogP contribution in [0.2, 0.25) is 0 Å². The lowest BCUT2D eigenvalue weighted by Crippen LogP contribution is -2.44. The van der Waals surface area contributed by atoms with E-state index in [1.165, 1.54) is 0 Å². The second-order valence-electron chi connectivity index (χ2n) is 5.65. The second-order valence-corrected chi connectivity index (χ2v) is 6.55. The molecule has 0 bridgehead atoms. The van der Waals surface area contributed by atoms with Crippen molar-refractivity contribution < 1.29 is 4.79 Å². The molecule has 4 nitrogen and oxygen atoms in total. The summed E-state index contributed by atoms with van der Waals surface area (Å²) in [6.07, 6.45) is 5.95. The summed E-state index contributed by atoms with van der Waals surface area (Å²) in [4.78, 5) is 17.1. The molecule has 1 heterocycles. The number of aromatic nitrogens is 1. The Labute approximate surface area is 128 Å². The van der Waals surface area contributed by atoms with Gasteiger partial charge in [0.1, 0.15) is 5.01 Å². The maximum atomic E-state index is 12.7. The molecule has 1 aliphatic carbocycles. The Morgan fingerprint density at radius 1 is 1.38 bits per heavy atom. The summed E-state index contributed by atoms with van der Waals surface area (Å²) < 4.78 is 0. The van der Waals surface area contributed by atoms with Crippen LogP contribution >= 0.6 is 11.3 Å². The van der Waals surface area contributed by atoms with Gasteiger partial charge in [0.2, 0.25) is 0 Å². The first-order valence-corrected chi connectivity index (χ1v) is 8.07. The molecule has 1 aromatic heterocycles. The van der Waals surface area contributed by atoms with Crippen LogP contribution in [0.1, 0.15) is 46.6 Å². The van der Waals surface area contributed by atoms with Crippen molar-refractivity contribution in [2.24, 2.45) is 0 Å². The summed E-state index contributed by atoms with van der Waals surface area (Å²) in [7, 11) is 0. The van der Waals surface area contributed by atoms with Crippen LogP contribution in [-0.4, -0.2) is 10.9 Å². The van der Waals surface area contributed by atoms with Crippen molar-refractivity contribution >= 4 is 22.9 Å². The van der Waals surface area contributed by atoms with Crippen LogP contribution in [0.4, 0.5) is 5.69 Å². The molecule has 1 fully saturated rings. The maximum absolute atomic E-state index is 12.7. The number of amides is 1. The highest BCUT2D eigenvalue weighted by Gasteiger charge is 2.39. The highest BCUT2D eigenvalue weighted by Crippen LogP contribution is 2.39. The number of hydrogen-bond donors (Lipinski definition) is 2. The molecule has 0 atom stereocenters. The second kappa shape index (κ2) is 5.48. The van der Waals surface area contributed by atoms with Crippen molar-refractivity contribution in [2.75, 3.05) is 5.73 Å². The minimum Gasteiger partial charge on any atom is -0.399 e.